The zero-order valence-corrected chi connectivity index (χ0v) is 6.96. The van der Waals surface area contributed by atoms with E-state index in [4.69, 9.17) is 0 Å². The average molecular weight is 158 g/mol. The third-order valence-corrected chi connectivity index (χ3v) is 1.44. The highest BCUT2D eigenvalue weighted by Gasteiger charge is 1.99. The number of hydrogen-bond donors (Lipinski definition) is 1. The van der Waals surface area contributed by atoms with Gasteiger partial charge in [0, 0.05) is 27.1 Å². The van der Waals surface area contributed by atoms with Gasteiger partial charge in [0.15, 0.2) is 0 Å². The Labute approximate surface area is 66.6 Å². The van der Waals surface area contributed by atoms with Gasteiger partial charge in [-0.15, -0.1) is 0 Å². The summed E-state index contributed by atoms with van der Waals surface area (Å²) < 4.78 is 0. The molecule has 0 aliphatic carbocycles. The second kappa shape index (κ2) is 5.70. The minimum Gasteiger partial charge on any atom is -0.359 e. The van der Waals surface area contributed by atoms with Crippen LogP contribution in [0.1, 0.15) is 13.3 Å². The Morgan fingerprint density at radius 3 is 2.73 bits per heavy atom. The largest absolute Gasteiger partial charge is 0.359 e. The highest BCUT2D eigenvalue weighted by molar-refractivity contribution is 5.72. The molecule has 1 N–H and O–H groups in total. The van der Waals surface area contributed by atoms with E-state index in [1.54, 1.807) is 11.9 Å². The standard InChI is InChI=1S/C7H14N2O2/c1-7(11)9(2)5-3-4-8-6-10/h6H,3-5H2,1-2H3,(H,8,10). The Kier molecular flexibility index (Phi) is 5.15. The molecule has 0 rings (SSSR count). The van der Waals surface area contributed by atoms with E-state index in [0.717, 1.165) is 6.42 Å². The smallest absolute Gasteiger partial charge is 0.219 e. The van der Waals surface area contributed by atoms with Gasteiger partial charge in [0.1, 0.15) is 0 Å². The van der Waals surface area contributed by atoms with E-state index in [2.05, 4.69) is 5.32 Å². The number of nitrogens with zero attached hydrogens (tertiary/aromatic N) is 1. The molecule has 0 aromatic heterocycles. The van der Waals surface area contributed by atoms with Crippen molar-refractivity contribution in [1.82, 2.24) is 10.2 Å². The molecule has 0 unspecified atom stereocenters. The number of hydrogen-bond acceptors (Lipinski definition) is 2. The number of carbonyl (C=O) groups excluding carboxylic acids is 2. The third kappa shape index (κ3) is 5.39. The summed E-state index contributed by atoms with van der Waals surface area (Å²) in [6, 6.07) is 0. The molecule has 0 bridgehead atoms. The molecule has 0 radical (unpaired) electrons. The van der Waals surface area contributed by atoms with Crippen LogP contribution in [0.2, 0.25) is 0 Å². The molecule has 4 nitrogen and oxygen atoms in total. The molecule has 2 amide bonds. The van der Waals surface area contributed by atoms with Crippen LogP contribution in [0, 0.1) is 0 Å². The Bertz CT molecular complexity index is 136. The van der Waals surface area contributed by atoms with Crippen LogP contribution in [-0.2, 0) is 9.59 Å². The molecule has 0 aliphatic rings. The fourth-order valence-corrected chi connectivity index (χ4v) is 0.635. The molecule has 64 valence electrons. The predicted octanol–water partition coefficient (Wildman–Crippen LogP) is -0.399. The average Bonchev–Trinajstić information content (AvgIpc) is 1.97. The normalized spacial score (nSPS) is 8.91. The van der Waals surface area contributed by atoms with Crippen molar-refractivity contribution in [2.24, 2.45) is 0 Å². The second-order valence-electron chi connectivity index (χ2n) is 2.37. The van der Waals surface area contributed by atoms with Gasteiger partial charge < -0.3 is 10.2 Å². The van der Waals surface area contributed by atoms with Gasteiger partial charge in [-0.3, -0.25) is 9.59 Å². The van der Waals surface area contributed by atoms with Gasteiger partial charge >= 0.3 is 0 Å². The first kappa shape index (κ1) is 9.94. The van der Waals surface area contributed by atoms with Crippen molar-refractivity contribution in [3.05, 3.63) is 0 Å². The molecule has 0 spiro atoms. The van der Waals surface area contributed by atoms with Crippen LogP contribution >= 0.6 is 0 Å². The second-order valence-corrected chi connectivity index (χ2v) is 2.37. The Morgan fingerprint density at radius 1 is 1.64 bits per heavy atom. The first-order valence-electron chi connectivity index (χ1n) is 3.57. The van der Waals surface area contributed by atoms with Crippen LogP contribution in [-0.4, -0.2) is 37.4 Å². The lowest BCUT2D eigenvalue weighted by atomic mass is 10.4. The van der Waals surface area contributed by atoms with Gasteiger partial charge in [-0.25, -0.2) is 0 Å². The Morgan fingerprint density at radius 2 is 2.27 bits per heavy atom. The highest BCUT2D eigenvalue weighted by Crippen LogP contribution is 1.85. The van der Waals surface area contributed by atoms with E-state index in [-0.39, 0.29) is 5.91 Å². The van der Waals surface area contributed by atoms with Crippen molar-refractivity contribution < 1.29 is 9.59 Å². The zero-order chi connectivity index (χ0) is 8.69. The van der Waals surface area contributed by atoms with Crippen molar-refractivity contribution >= 4 is 12.3 Å². The molecule has 0 fully saturated rings. The van der Waals surface area contributed by atoms with E-state index in [1.807, 2.05) is 0 Å². The number of rotatable bonds is 5. The maximum Gasteiger partial charge on any atom is 0.219 e. The summed E-state index contributed by atoms with van der Waals surface area (Å²) >= 11 is 0. The Balaban J connectivity index is 3.24. The van der Waals surface area contributed by atoms with E-state index in [9.17, 15) is 9.59 Å². The monoisotopic (exact) mass is 158 g/mol. The molecule has 4 heteroatoms. The molecule has 0 heterocycles. The van der Waals surface area contributed by atoms with E-state index < -0.39 is 0 Å². The predicted molar refractivity (Wildman–Crippen MR) is 42.0 cm³/mol. The van der Waals surface area contributed by atoms with Gasteiger partial charge in [0.25, 0.3) is 0 Å². The summed E-state index contributed by atoms with van der Waals surface area (Å²) in [5, 5.41) is 2.52. The van der Waals surface area contributed by atoms with Crippen molar-refractivity contribution in [2.75, 3.05) is 20.1 Å². The van der Waals surface area contributed by atoms with Crippen molar-refractivity contribution in [1.29, 1.82) is 0 Å². The van der Waals surface area contributed by atoms with Crippen LogP contribution < -0.4 is 5.32 Å². The maximum atomic E-state index is 10.6. The first-order valence-corrected chi connectivity index (χ1v) is 3.57. The van der Waals surface area contributed by atoms with Gasteiger partial charge in [-0.05, 0) is 6.42 Å². The summed E-state index contributed by atoms with van der Waals surface area (Å²) in [5.41, 5.74) is 0. The van der Waals surface area contributed by atoms with Gasteiger partial charge in [0.05, 0.1) is 0 Å². The van der Waals surface area contributed by atoms with Crippen LogP contribution in [0.15, 0.2) is 0 Å². The summed E-state index contributed by atoms with van der Waals surface area (Å²) in [5.74, 6) is 0.0519. The summed E-state index contributed by atoms with van der Waals surface area (Å²) in [6.45, 7) is 2.84. The van der Waals surface area contributed by atoms with E-state index in [0.29, 0.717) is 19.5 Å². The quantitative estimate of drug-likeness (QED) is 0.437. The lowest BCUT2D eigenvalue weighted by Gasteiger charge is -2.13. The molecule has 0 saturated carbocycles. The van der Waals surface area contributed by atoms with Gasteiger partial charge in [-0.1, -0.05) is 0 Å². The Hall–Kier alpha value is -1.06. The van der Waals surface area contributed by atoms with Crippen molar-refractivity contribution in [3.8, 4) is 0 Å². The summed E-state index contributed by atoms with van der Waals surface area (Å²) in [7, 11) is 1.74. The van der Waals surface area contributed by atoms with Crippen LogP contribution in [0.4, 0.5) is 0 Å². The minimum atomic E-state index is 0.0519. The third-order valence-electron chi connectivity index (χ3n) is 1.44. The van der Waals surface area contributed by atoms with Crippen LogP contribution in [0.25, 0.3) is 0 Å². The van der Waals surface area contributed by atoms with E-state index in [1.165, 1.54) is 6.92 Å². The molecule has 0 atom stereocenters. The molecule has 0 saturated heterocycles. The fourth-order valence-electron chi connectivity index (χ4n) is 0.635. The summed E-state index contributed by atoms with van der Waals surface area (Å²) in [6.07, 6.45) is 1.46. The topological polar surface area (TPSA) is 49.4 Å². The molecule has 0 aliphatic heterocycles. The molecule has 0 aromatic rings. The van der Waals surface area contributed by atoms with E-state index >= 15 is 0 Å². The van der Waals surface area contributed by atoms with Crippen LogP contribution in [0.5, 0.6) is 0 Å². The van der Waals surface area contributed by atoms with Crippen molar-refractivity contribution in [3.63, 3.8) is 0 Å². The van der Waals surface area contributed by atoms with Gasteiger partial charge in [-0.2, -0.15) is 0 Å². The molecular weight excluding hydrogens is 144 g/mol. The highest BCUT2D eigenvalue weighted by atomic mass is 16.2. The number of carbonyl (C=O) groups is 2. The molecular formula is C7H14N2O2. The maximum absolute atomic E-state index is 10.6. The SMILES string of the molecule is CC(=O)N(C)CCCNC=O. The number of amides is 2. The minimum absolute atomic E-state index is 0.0519. The van der Waals surface area contributed by atoms with Gasteiger partial charge in [0.2, 0.25) is 12.3 Å². The summed E-state index contributed by atoms with van der Waals surface area (Å²) in [4.78, 5) is 22.1. The fraction of sp³-hybridized carbons (Fsp3) is 0.714. The van der Waals surface area contributed by atoms with Crippen molar-refractivity contribution in [2.45, 2.75) is 13.3 Å². The zero-order valence-electron chi connectivity index (χ0n) is 6.96. The molecule has 11 heavy (non-hydrogen) atoms. The lowest BCUT2D eigenvalue weighted by Crippen LogP contribution is -2.27. The first-order chi connectivity index (χ1) is 5.18. The number of nitrogens with one attached hydrogen (secondary N) is 1. The van der Waals surface area contributed by atoms with Crippen LogP contribution in [0.3, 0.4) is 0 Å². The molecule has 0 aromatic carbocycles. The lowest BCUT2D eigenvalue weighted by molar-refractivity contribution is -0.127.